The molecule has 1 aliphatic carbocycles. The predicted molar refractivity (Wildman–Crippen MR) is 80.1 cm³/mol. The number of fused-ring (bicyclic) bond motifs is 1. The summed E-state index contributed by atoms with van der Waals surface area (Å²) in [6, 6.07) is 5.88. The van der Waals surface area contributed by atoms with Gasteiger partial charge in [-0.25, -0.2) is 4.79 Å². The lowest BCUT2D eigenvalue weighted by Crippen LogP contribution is -2.37. The highest BCUT2D eigenvalue weighted by molar-refractivity contribution is 6.31. The second-order valence-electron chi connectivity index (χ2n) is 5.60. The fourth-order valence-electron chi connectivity index (χ4n) is 3.03. The fraction of sp³-hybridized carbons (Fsp3) is 0.533. The Kier molecular flexibility index (Phi) is 3.85. The van der Waals surface area contributed by atoms with Crippen LogP contribution in [0, 0.1) is 0 Å². The van der Waals surface area contributed by atoms with Gasteiger partial charge in [0, 0.05) is 17.1 Å². The number of oxazole rings is 1. The molecule has 0 saturated heterocycles. The van der Waals surface area contributed by atoms with Gasteiger partial charge in [0.05, 0.1) is 12.2 Å². The molecule has 0 amide bonds. The van der Waals surface area contributed by atoms with Crippen LogP contribution in [0.25, 0.3) is 11.1 Å². The van der Waals surface area contributed by atoms with Gasteiger partial charge in [-0.1, -0.05) is 30.9 Å². The highest BCUT2D eigenvalue weighted by atomic mass is 35.5. The molecule has 4 nitrogen and oxygen atoms in total. The standard InChI is InChI=1S/C15H19ClN2O2/c1-17(12-5-3-2-4-6-12)10-18-13-8-7-11(16)9-14(13)20-15(18)19/h7-9,12H,2-6,10H2,1H3. The quantitative estimate of drug-likeness (QED) is 0.870. The molecule has 0 radical (unpaired) electrons. The van der Waals surface area contributed by atoms with Gasteiger partial charge in [-0.3, -0.25) is 9.47 Å². The van der Waals surface area contributed by atoms with E-state index in [4.69, 9.17) is 16.0 Å². The Morgan fingerprint density at radius 1 is 1.35 bits per heavy atom. The topological polar surface area (TPSA) is 38.4 Å². The Balaban J connectivity index is 1.86. The molecule has 1 heterocycles. The van der Waals surface area contributed by atoms with E-state index in [2.05, 4.69) is 11.9 Å². The monoisotopic (exact) mass is 294 g/mol. The van der Waals surface area contributed by atoms with Crippen LogP contribution in [-0.2, 0) is 6.67 Å². The van der Waals surface area contributed by atoms with Gasteiger partial charge in [0.2, 0.25) is 0 Å². The van der Waals surface area contributed by atoms with Crippen molar-refractivity contribution in [3.8, 4) is 0 Å². The first kappa shape index (κ1) is 13.7. The molecule has 3 rings (SSSR count). The number of halogens is 1. The van der Waals surface area contributed by atoms with Crippen LogP contribution in [0.1, 0.15) is 32.1 Å². The molecule has 20 heavy (non-hydrogen) atoms. The molecule has 1 fully saturated rings. The molecule has 0 aliphatic heterocycles. The minimum Gasteiger partial charge on any atom is -0.408 e. The molecule has 0 bridgehead atoms. The van der Waals surface area contributed by atoms with E-state index >= 15 is 0 Å². The zero-order valence-electron chi connectivity index (χ0n) is 11.6. The third-order valence-corrected chi connectivity index (χ3v) is 4.43. The third kappa shape index (κ3) is 2.63. The molecule has 1 aromatic carbocycles. The van der Waals surface area contributed by atoms with Gasteiger partial charge in [0.15, 0.2) is 5.58 Å². The van der Waals surface area contributed by atoms with Crippen LogP contribution in [0.4, 0.5) is 0 Å². The number of hydrogen-bond acceptors (Lipinski definition) is 3. The van der Waals surface area contributed by atoms with E-state index in [-0.39, 0.29) is 5.76 Å². The van der Waals surface area contributed by atoms with Crippen molar-refractivity contribution >= 4 is 22.7 Å². The van der Waals surface area contributed by atoms with Gasteiger partial charge in [-0.05, 0) is 32.0 Å². The van der Waals surface area contributed by atoms with E-state index in [9.17, 15) is 4.79 Å². The van der Waals surface area contributed by atoms with Crippen LogP contribution in [0.15, 0.2) is 27.4 Å². The minimum atomic E-state index is -0.315. The van der Waals surface area contributed by atoms with Gasteiger partial charge >= 0.3 is 5.76 Å². The Hall–Kier alpha value is -1.26. The first-order valence-electron chi connectivity index (χ1n) is 7.14. The average molecular weight is 295 g/mol. The van der Waals surface area contributed by atoms with E-state index in [0.717, 1.165) is 5.52 Å². The number of rotatable bonds is 3. The zero-order valence-corrected chi connectivity index (χ0v) is 12.4. The lowest BCUT2D eigenvalue weighted by molar-refractivity contribution is 0.151. The van der Waals surface area contributed by atoms with Crippen LogP contribution in [0.3, 0.4) is 0 Å². The summed E-state index contributed by atoms with van der Waals surface area (Å²) in [4.78, 5) is 14.2. The Bertz CT molecular complexity index is 655. The van der Waals surface area contributed by atoms with Crippen LogP contribution in [-0.4, -0.2) is 22.6 Å². The van der Waals surface area contributed by atoms with Crippen molar-refractivity contribution in [2.45, 2.75) is 44.8 Å². The first-order chi connectivity index (χ1) is 9.65. The maximum atomic E-state index is 12.0. The van der Waals surface area contributed by atoms with Crippen LogP contribution in [0.5, 0.6) is 0 Å². The summed E-state index contributed by atoms with van der Waals surface area (Å²) in [5.74, 6) is -0.315. The molecule has 1 aliphatic rings. The average Bonchev–Trinajstić information content (AvgIpc) is 2.75. The Morgan fingerprint density at radius 3 is 2.85 bits per heavy atom. The van der Waals surface area contributed by atoms with E-state index in [0.29, 0.717) is 23.3 Å². The van der Waals surface area contributed by atoms with Crippen molar-refractivity contribution < 1.29 is 4.42 Å². The first-order valence-corrected chi connectivity index (χ1v) is 7.52. The largest absolute Gasteiger partial charge is 0.421 e. The lowest BCUT2D eigenvalue weighted by Gasteiger charge is -2.31. The Morgan fingerprint density at radius 2 is 2.10 bits per heavy atom. The summed E-state index contributed by atoms with van der Waals surface area (Å²) < 4.78 is 6.95. The lowest BCUT2D eigenvalue weighted by atomic mass is 9.95. The van der Waals surface area contributed by atoms with Gasteiger partial charge in [0.1, 0.15) is 0 Å². The number of nitrogens with zero attached hydrogens (tertiary/aromatic N) is 2. The molecular weight excluding hydrogens is 276 g/mol. The molecule has 0 N–H and O–H groups in total. The molecule has 108 valence electrons. The van der Waals surface area contributed by atoms with E-state index in [1.807, 2.05) is 6.07 Å². The molecule has 1 saturated carbocycles. The second kappa shape index (κ2) is 5.62. The smallest absolute Gasteiger partial charge is 0.408 e. The SMILES string of the molecule is CN(Cn1c(=O)oc2cc(Cl)ccc21)C1CCCCC1. The molecule has 0 atom stereocenters. The van der Waals surface area contributed by atoms with Crippen LogP contribution in [0.2, 0.25) is 5.02 Å². The number of aromatic nitrogens is 1. The molecule has 5 heteroatoms. The normalized spacial score (nSPS) is 17.1. The number of hydrogen-bond donors (Lipinski definition) is 0. The second-order valence-corrected chi connectivity index (χ2v) is 6.03. The van der Waals surface area contributed by atoms with Crippen molar-refractivity contribution in [1.82, 2.24) is 9.47 Å². The van der Waals surface area contributed by atoms with Crippen LogP contribution < -0.4 is 5.76 Å². The summed E-state index contributed by atoms with van der Waals surface area (Å²) >= 11 is 5.93. The van der Waals surface area contributed by atoms with Crippen molar-refractivity contribution in [3.63, 3.8) is 0 Å². The number of benzene rings is 1. The molecule has 1 aromatic heterocycles. The van der Waals surface area contributed by atoms with Gasteiger partial charge in [-0.15, -0.1) is 0 Å². The minimum absolute atomic E-state index is 0.315. The highest BCUT2D eigenvalue weighted by Gasteiger charge is 2.20. The third-order valence-electron chi connectivity index (χ3n) is 4.19. The van der Waals surface area contributed by atoms with Gasteiger partial charge in [0.25, 0.3) is 0 Å². The summed E-state index contributed by atoms with van der Waals surface area (Å²) in [5, 5.41) is 0.582. The Labute approximate surface area is 122 Å². The van der Waals surface area contributed by atoms with Crippen molar-refractivity contribution in [1.29, 1.82) is 0 Å². The maximum absolute atomic E-state index is 12.0. The highest BCUT2D eigenvalue weighted by Crippen LogP contribution is 2.23. The predicted octanol–water partition coefficient (Wildman–Crippen LogP) is 3.47. The molecule has 0 spiro atoms. The molecule has 0 unspecified atom stereocenters. The van der Waals surface area contributed by atoms with Crippen LogP contribution >= 0.6 is 11.6 Å². The van der Waals surface area contributed by atoms with Gasteiger partial charge in [-0.2, -0.15) is 0 Å². The maximum Gasteiger partial charge on any atom is 0.421 e. The fourth-order valence-corrected chi connectivity index (χ4v) is 3.20. The molecular formula is C15H19ClN2O2. The van der Waals surface area contributed by atoms with Crippen molar-refractivity contribution in [3.05, 3.63) is 33.8 Å². The van der Waals surface area contributed by atoms with Crippen molar-refractivity contribution in [2.24, 2.45) is 0 Å². The van der Waals surface area contributed by atoms with E-state index in [1.54, 1.807) is 16.7 Å². The van der Waals surface area contributed by atoms with E-state index < -0.39 is 0 Å². The molecule has 2 aromatic rings. The van der Waals surface area contributed by atoms with Crippen molar-refractivity contribution in [2.75, 3.05) is 7.05 Å². The summed E-state index contributed by atoms with van der Waals surface area (Å²) in [6.45, 7) is 0.568. The van der Waals surface area contributed by atoms with Gasteiger partial charge < -0.3 is 4.42 Å². The summed E-state index contributed by atoms with van der Waals surface area (Å²) in [5.41, 5.74) is 1.36. The summed E-state index contributed by atoms with van der Waals surface area (Å²) in [7, 11) is 2.08. The zero-order chi connectivity index (χ0) is 14.1. The summed E-state index contributed by atoms with van der Waals surface area (Å²) in [6.07, 6.45) is 6.33. The van der Waals surface area contributed by atoms with E-state index in [1.165, 1.54) is 32.1 Å².